The monoisotopic (exact) mass is 252 g/mol. The van der Waals surface area contributed by atoms with Gasteiger partial charge in [-0.05, 0) is 19.1 Å². The maximum absolute atomic E-state index is 11.6. The van der Waals surface area contributed by atoms with Gasteiger partial charge in [-0.3, -0.25) is 0 Å². The molecular formula is C11H9ClN2O3. The summed E-state index contributed by atoms with van der Waals surface area (Å²) in [6.45, 7) is 2.01. The van der Waals surface area contributed by atoms with Gasteiger partial charge >= 0.3 is 5.97 Å². The molecule has 0 atom stereocenters. The summed E-state index contributed by atoms with van der Waals surface area (Å²) in [7, 11) is 0. The Labute approximate surface area is 102 Å². The second kappa shape index (κ2) is 4.97. The van der Waals surface area contributed by atoms with Crippen molar-refractivity contribution in [1.29, 1.82) is 0 Å². The van der Waals surface area contributed by atoms with Crippen LogP contribution >= 0.6 is 11.6 Å². The Morgan fingerprint density at radius 2 is 2.29 bits per heavy atom. The van der Waals surface area contributed by atoms with E-state index < -0.39 is 5.97 Å². The second-order valence-corrected chi connectivity index (χ2v) is 3.51. The van der Waals surface area contributed by atoms with Crippen molar-refractivity contribution in [2.75, 3.05) is 6.61 Å². The zero-order valence-corrected chi connectivity index (χ0v) is 9.77. The predicted molar refractivity (Wildman–Crippen MR) is 60.7 cm³/mol. The molecule has 0 aliphatic heterocycles. The average Bonchev–Trinajstić information content (AvgIpc) is 2.79. The lowest BCUT2D eigenvalue weighted by Gasteiger charge is -2.01. The molecular weight excluding hydrogens is 244 g/mol. The highest BCUT2D eigenvalue weighted by molar-refractivity contribution is 6.29. The van der Waals surface area contributed by atoms with E-state index in [2.05, 4.69) is 9.97 Å². The fraction of sp³-hybridized carbons (Fsp3) is 0.182. The quantitative estimate of drug-likeness (QED) is 0.620. The van der Waals surface area contributed by atoms with E-state index in [1.807, 2.05) is 0 Å². The Kier molecular flexibility index (Phi) is 3.39. The van der Waals surface area contributed by atoms with Crippen LogP contribution < -0.4 is 0 Å². The van der Waals surface area contributed by atoms with Crippen LogP contribution in [0.15, 0.2) is 29.1 Å². The molecule has 2 aromatic rings. The van der Waals surface area contributed by atoms with Gasteiger partial charge in [0, 0.05) is 11.8 Å². The van der Waals surface area contributed by atoms with E-state index in [0.29, 0.717) is 16.5 Å². The number of nitrogens with zero attached hydrogens (tertiary/aromatic N) is 2. The van der Waals surface area contributed by atoms with Gasteiger partial charge in [-0.1, -0.05) is 11.6 Å². The van der Waals surface area contributed by atoms with Crippen LogP contribution in [-0.4, -0.2) is 22.5 Å². The van der Waals surface area contributed by atoms with Crippen molar-refractivity contribution in [3.8, 4) is 11.3 Å². The third-order valence-corrected chi connectivity index (χ3v) is 2.25. The van der Waals surface area contributed by atoms with Crippen LogP contribution in [0.4, 0.5) is 0 Å². The van der Waals surface area contributed by atoms with Crippen molar-refractivity contribution in [1.82, 2.24) is 9.97 Å². The summed E-state index contributed by atoms with van der Waals surface area (Å²) in [6.07, 6.45) is 2.70. The van der Waals surface area contributed by atoms with Crippen LogP contribution in [0.25, 0.3) is 11.3 Å². The van der Waals surface area contributed by atoms with Crippen molar-refractivity contribution in [3.63, 3.8) is 0 Å². The van der Waals surface area contributed by atoms with E-state index in [4.69, 9.17) is 20.8 Å². The van der Waals surface area contributed by atoms with Crippen molar-refractivity contribution in [2.24, 2.45) is 0 Å². The minimum absolute atomic E-state index is 0.135. The minimum atomic E-state index is -0.522. The number of oxazole rings is 1. The van der Waals surface area contributed by atoms with Crippen LogP contribution in [0, 0.1) is 0 Å². The van der Waals surface area contributed by atoms with Crippen molar-refractivity contribution in [3.05, 3.63) is 35.6 Å². The summed E-state index contributed by atoms with van der Waals surface area (Å²) in [5.41, 5.74) is 0.755. The summed E-state index contributed by atoms with van der Waals surface area (Å²) in [5, 5.41) is 0.367. The number of hydrogen-bond acceptors (Lipinski definition) is 5. The minimum Gasteiger partial charge on any atom is -0.461 e. The molecule has 0 aliphatic carbocycles. The molecule has 2 heterocycles. The maximum Gasteiger partial charge on any atom is 0.360 e. The highest BCUT2D eigenvalue weighted by atomic mass is 35.5. The molecule has 0 saturated heterocycles. The van der Waals surface area contributed by atoms with Gasteiger partial charge in [-0.2, -0.15) is 0 Å². The van der Waals surface area contributed by atoms with Gasteiger partial charge < -0.3 is 9.15 Å². The van der Waals surface area contributed by atoms with Crippen LogP contribution in [0.5, 0.6) is 0 Å². The van der Waals surface area contributed by atoms with Crippen LogP contribution in [0.2, 0.25) is 5.15 Å². The van der Waals surface area contributed by atoms with Gasteiger partial charge in [0.2, 0.25) is 0 Å². The number of aromatic nitrogens is 2. The van der Waals surface area contributed by atoms with Gasteiger partial charge in [0.05, 0.1) is 6.61 Å². The molecule has 2 aromatic heterocycles. The first-order valence-corrected chi connectivity index (χ1v) is 5.32. The molecule has 6 heteroatoms. The summed E-state index contributed by atoms with van der Waals surface area (Å²) in [4.78, 5) is 19.3. The van der Waals surface area contributed by atoms with E-state index in [-0.39, 0.29) is 12.3 Å². The molecule has 0 amide bonds. The van der Waals surface area contributed by atoms with Gasteiger partial charge in [0.15, 0.2) is 17.8 Å². The third-order valence-electron chi connectivity index (χ3n) is 2.03. The molecule has 88 valence electrons. The molecule has 0 spiro atoms. The number of pyridine rings is 1. The molecule has 5 nitrogen and oxygen atoms in total. The fourth-order valence-corrected chi connectivity index (χ4v) is 1.42. The first kappa shape index (κ1) is 11.6. The largest absolute Gasteiger partial charge is 0.461 e. The SMILES string of the molecule is CCOC(=O)c1ncoc1-c1ccc(Cl)nc1. The van der Waals surface area contributed by atoms with E-state index >= 15 is 0 Å². The number of carbonyl (C=O) groups is 1. The highest BCUT2D eigenvalue weighted by Gasteiger charge is 2.19. The summed E-state index contributed by atoms with van der Waals surface area (Å²) in [6, 6.07) is 3.30. The van der Waals surface area contributed by atoms with E-state index in [0.717, 1.165) is 0 Å². The lowest BCUT2D eigenvalue weighted by molar-refractivity contribution is 0.0520. The molecule has 2 rings (SSSR count). The number of esters is 1. The smallest absolute Gasteiger partial charge is 0.360 e. The Morgan fingerprint density at radius 3 is 2.94 bits per heavy atom. The Balaban J connectivity index is 2.36. The van der Waals surface area contributed by atoms with E-state index in [9.17, 15) is 4.79 Å². The number of hydrogen-bond donors (Lipinski definition) is 0. The number of rotatable bonds is 3. The topological polar surface area (TPSA) is 65.2 Å². The normalized spacial score (nSPS) is 10.2. The maximum atomic E-state index is 11.6. The fourth-order valence-electron chi connectivity index (χ4n) is 1.31. The zero-order valence-electron chi connectivity index (χ0n) is 9.01. The first-order valence-electron chi connectivity index (χ1n) is 4.95. The molecule has 0 unspecified atom stereocenters. The average molecular weight is 253 g/mol. The molecule has 0 aliphatic rings. The van der Waals surface area contributed by atoms with Crippen molar-refractivity contribution in [2.45, 2.75) is 6.92 Å². The van der Waals surface area contributed by atoms with Gasteiger partial charge in [-0.25, -0.2) is 14.8 Å². The first-order chi connectivity index (χ1) is 8.22. The molecule has 17 heavy (non-hydrogen) atoms. The van der Waals surface area contributed by atoms with Gasteiger partial charge in [0.25, 0.3) is 0 Å². The Morgan fingerprint density at radius 1 is 1.47 bits per heavy atom. The highest BCUT2D eigenvalue weighted by Crippen LogP contribution is 2.23. The molecule has 0 fully saturated rings. The van der Waals surface area contributed by atoms with Gasteiger partial charge in [0.1, 0.15) is 5.15 Å². The third kappa shape index (κ3) is 2.45. The number of halogens is 1. The zero-order chi connectivity index (χ0) is 12.3. The van der Waals surface area contributed by atoms with E-state index in [1.165, 1.54) is 12.6 Å². The van der Waals surface area contributed by atoms with E-state index in [1.54, 1.807) is 19.1 Å². The molecule has 0 saturated carbocycles. The second-order valence-electron chi connectivity index (χ2n) is 3.12. The summed E-state index contributed by atoms with van der Waals surface area (Å²) < 4.78 is 10.0. The lowest BCUT2D eigenvalue weighted by Crippen LogP contribution is -2.06. The van der Waals surface area contributed by atoms with Crippen LogP contribution in [0.1, 0.15) is 17.4 Å². The van der Waals surface area contributed by atoms with Gasteiger partial charge in [-0.15, -0.1) is 0 Å². The molecule has 0 N–H and O–H groups in total. The lowest BCUT2D eigenvalue weighted by atomic mass is 10.2. The van der Waals surface area contributed by atoms with Crippen molar-refractivity contribution < 1.29 is 13.9 Å². The number of carbonyl (C=O) groups excluding carboxylic acids is 1. The molecule has 0 aromatic carbocycles. The summed E-state index contributed by atoms with van der Waals surface area (Å²) in [5.74, 6) is -0.196. The number of ether oxygens (including phenoxy) is 1. The van der Waals surface area contributed by atoms with Crippen LogP contribution in [0.3, 0.4) is 0 Å². The van der Waals surface area contributed by atoms with Crippen molar-refractivity contribution >= 4 is 17.6 Å². The molecule has 0 bridgehead atoms. The Bertz CT molecular complexity index is 522. The Hall–Kier alpha value is -1.88. The van der Waals surface area contributed by atoms with Crippen LogP contribution in [-0.2, 0) is 4.74 Å². The predicted octanol–water partition coefficient (Wildman–Crippen LogP) is 2.57. The standard InChI is InChI=1S/C11H9ClN2O3/c1-2-16-11(15)9-10(17-6-14-9)7-3-4-8(12)13-5-7/h3-6H,2H2,1H3. The summed E-state index contributed by atoms with van der Waals surface area (Å²) >= 11 is 5.68. The molecule has 0 radical (unpaired) electrons.